The number of nitrogens with zero attached hydrogens (tertiary/aromatic N) is 1. The number of hydrazine groups is 1. The summed E-state index contributed by atoms with van der Waals surface area (Å²) < 4.78 is 20.3. The second-order valence-electron chi connectivity index (χ2n) is 10.7. The number of ether oxygens (including phenoxy) is 1. The number of hydrogen-bond donors (Lipinski definition) is 3. The van der Waals surface area contributed by atoms with Crippen molar-refractivity contribution in [2.24, 2.45) is 11.8 Å². The molecule has 0 bridgehead atoms. The van der Waals surface area contributed by atoms with Crippen molar-refractivity contribution in [3.05, 3.63) is 65.2 Å². The predicted octanol–water partition coefficient (Wildman–Crippen LogP) is 4.15. The zero-order chi connectivity index (χ0) is 24.4. The Kier molecular flexibility index (Phi) is 7.19. The summed E-state index contributed by atoms with van der Waals surface area (Å²) in [5.41, 5.74) is 9.40. The number of halogens is 1. The summed E-state index contributed by atoms with van der Waals surface area (Å²) in [6.45, 7) is 2.01. The smallest absolute Gasteiger partial charge is 0.223 e. The third-order valence-corrected chi connectivity index (χ3v) is 8.46. The lowest BCUT2D eigenvalue weighted by molar-refractivity contribution is -0.128. The van der Waals surface area contributed by atoms with Gasteiger partial charge in [-0.3, -0.25) is 15.2 Å². The molecule has 2 saturated carbocycles. The molecule has 1 aromatic carbocycles. The van der Waals surface area contributed by atoms with Crippen LogP contribution in [-0.2, 0) is 16.0 Å². The van der Waals surface area contributed by atoms with Crippen LogP contribution in [0.5, 0.6) is 0 Å². The molecule has 0 radical (unpaired) electrons. The average Bonchev–Trinajstić information content (AvgIpc) is 3.29. The van der Waals surface area contributed by atoms with E-state index < -0.39 is 5.60 Å². The first-order chi connectivity index (χ1) is 17.0. The Morgan fingerprint density at radius 1 is 1.23 bits per heavy atom. The standard InChI is InChI=1S/C28H37FN4O2/c1-18-14-19(11-13-30-18)26-23-15-20(9-10-25(23)32-33-26)27(34)31-22-7-5-12-28(17-22,35-2)16-21-6-3-4-8-24(21)29/h3-4,6,8,11,13-14,20,22-23,25-26,32-33H,5,7,9-10,12,15-17H2,1-2H3,(H,31,34). The Bertz CT molecular complexity index is 1050. The predicted molar refractivity (Wildman–Crippen MR) is 133 cm³/mol. The fourth-order valence-electron chi connectivity index (χ4n) is 6.56. The molecule has 3 fully saturated rings. The number of fused-ring (bicyclic) bond motifs is 1. The van der Waals surface area contributed by atoms with Crippen LogP contribution in [-0.4, -0.2) is 35.7 Å². The van der Waals surface area contributed by atoms with Crippen molar-refractivity contribution in [2.75, 3.05) is 7.11 Å². The highest BCUT2D eigenvalue weighted by atomic mass is 19.1. The van der Waals surface area contributed by atoms with E-state index in [0.29, 0.717) is 30.4 Å². The number of aryl methyl sites for hydroxylation is 1. The van der Waals surface area contributed by atoms with Gasteiger partial charge in [0.2, 0.25) is 5.91 Å². The minimum absolute atomic E-state index is 0.00817. The average molecular weight is 481 g/mol. The van der Waals surface area contributed by atoms with Gasteiger partial charge in [-0.2, -0.15) is 0 Å². The Labute approximate surface area is 207 Å². The normalized spacial score (nSPS) is 32.7. The van der Waals surface area contributed by atoms with Gasteiger partial charge < -0.3 is 10.1 Å². The van der Waals surface area contributed by atoms with Crippen molar-refractivity contribution in [2.45, 2.75) is 82.0 Å². The maximum absolute atomic E-state index is 14.3. The van der Waals surface area contributed by atoms with Crippen LogP contribution >= 0.6 is 0 Å². The van der Waals surface area contributed by atoms with Gasteiger partial charge >= 0.3 is 0 Å². The first kappa shape index (κ1) is 24.3. The maximum atomic E-state index is 14.3. The largest absolute Gasteiger partial charge is 0.378 e. The molecule has 3 N–H and O–H groups in total. The summed E-state index contributed by atoms with van der Waals surface area (Å²) in [7, 11) is 1.72. The molecule has 35 heavy (non-hydrogen) atoms. The number of methoxy groups -OCH3 is 1. The molecule has 2 aliphatic carbocycles. The summed E-state index contributed by atoms with van der Waals surface area (Å²) in [4.78, 5) is 17.7. The molecule has 0 spiro atoms. The highest BCUT2D eigenvalue weighted by Crippen LogP contribution is 2.41. The van der Waals surface area contributed by atoms with Crippen molar-refractivity contribution < 1.29 is 13.9 Å². The van der Waals surface area contributed by atoms with Crippen LogP contribution in [0.1, 0.15) is 67.8 Å². The summed E-state index contributed by atoms with van der Waals surface area (Å²) in [6.07, 6.45) is 8.61. The van der Waals surface area contributed by atoms with Crippen molar-refractivity contribution in [1.29, 1.82) is 0 Å². The van der Waals surface area contributed by atoms with E-state index in [0.717, 1.165) is 44.2 Å². The lowest BCUT2D eigenvalue weighted by Gasteiger charge is -2.41. The Morgan fingerprint density at radius 2 is 2.09 bits per heavy atom. The van der Waals surface area contributed by atoms with Crippen molar-refractivity contribution in [3.8, 4) is 0 Å². The fraction of sp³-hybridized carbons (Fsp3) is 0.571. The number of hydrogen-bond acceptors (Lipinski definition) is 5. The lowest BCUT2D eigenvalue weighted by Crippen LogP contribution is -2.50. The van der Waals surface area contributed by atoms with Crippen molar-refractivity contribution in [3.63, 3.8) is 0 Å². The molecule has 7 heteroatoms. The van der Waals surface area contributed by atoms with Crippen molar-refractivity contribution in [1.82, 2.24) is 21.2 Å². The van der Waals surface area contributed by atoms with Crippen LogP contribution < -0.4 is 16.2 Å². The van der Waals surface area contributed by atoms with E-state index in [1.165, 1.54) is 11.6 Å². The molecule has 2 heterocycles. The summed E-state index contributed by atoms with van der Waals surface area (Å²) >= 11 is 0. The third kappa shape index (κ3) is 5.27. The molecule has 1 aromatic heterocycles. The Hall–Kier alpha value is -2.35. The lowest BCUT2D eigenvalue weighted by atomic mass is 9.73. The van der Waals surface area contributed by atoms with Crippen LogP contribution in [0.25, 0.3) is 0 Å². The van der Waals surface area contributed by atoms with Gasteiger partial charge in [-0.1, -0.05) is 18.2 Å². The SMILES string of the molecule is COC1(Cc2ccccc2F)CCCC(NC(=O)C2CCC3NNC(c4ccnc(C)c4)C3C2)C1. The van der Waals surface area contributed by atoms with E-state index in [2.05, 4.69) is 33.3 Å². The zero-order valence-corrected chi connectivity index (χ0v) is 20.7. The number of carbonyl (C=O) groups is 1. The number of amides is 1. The Balaban J connectivity index is 1.22. The van der Waals surface area contributed by atoms with Crippen molar-refractivity contribution >= 4 is 5.91 Å². The third-order valence-electron chi connectivity index (χ3n) is 8.46. The molecule has 2 aromatic rings. The van der Waals surface area contributed by atoms with Crippen LogP contribution in [0.15, 0.2) is 42.6 Å². The van der Waals surface area contributed by atoms with E-state index in [-0.39, 0.29) is 29.7 Å². The minimum atomic E-state index is -0.445. The molecule has 3 aliphatic rings. The van der Waals surface area contributed by atoms with E-state index in [1.807, 2.05) is 25.3 Å². The number of pyridine rings is 1. The molecule has 6 atom stereocenters. The molecular formula is C28H37FN4O2. The van der Waals surface area contributed by atoms with Gasteiger partial charge in [-0.05, 0) is 87.1 Å². The summed E-state index contributed by atoms with van der Waals surface area (Å²) in [5.74, 6) is 0.341. The van der Waals surface area contributed by atoms with Crippen LogP contribution in [0.4, 0.5) is 4.39 Å². The van der Waals surface area contributed by atoms with Crippen LogP contribution in [0.2, 0.25) is 0 Å². The van der Waals surface area contributed by atoms with Gasteiger partial charge in [0.25, 0.3) is 0 Å². The first-order valence-corrected chi connectivity index (χ1v) is 13.0. The number of nitrogens with one attached hydrogen (secondary N) is 3. The topological polar surface area (TPSA) is 75.3 Å². The molecule has 6 nitrogen and oxygen atoms in total. The quantitative estimate of drug-likeness (QED) is 0.579. The molecule has 1 saturated heterocycles. The van der Waals surface area contributed by atoms with E-state index in [4.69, 9.17) is 4.74 Å². The second kappa shape index (κ2) is 10.3. The number of rotatable bonds is 6. The molecular weight excluding hydrogens is 443 g/mol. The molecule has 1 amide bonds. The molecule has 1 aliphatic heterocycles. The minimum Gasteiger partial charge on any atom is -0.378 e. The monoisotopic (exact) mass is 480 g/mol. The number of benzene rings is 1. The fourth-order valence-corrected chi connectivity index (χ4v) is 6.56. The first-order valence-electron chi connectivity index (χ1n) is 13.0. The van der Waals surface area contributed by atoms with E-state index >= 15 is 0 Å². The Morgan fingerprint density at radius 3 is 2.89 bits per heavy atom. The van der Waals surface area contributed by atoms with Gasteiger partial charge in [-0.15, -0.1) is 0 Å². The van der Waals surface area contributed by atoms with Gasteiger partial charge in [0.15, 0.2) is 0 Å². The highest BCUT2D eigenvalue weighted by Gasteiger charge is 2.44. The van der Waals surface area contributed by atoms with E-state index in [1.54, 1.807) is 13.2 Å². The molecule has 6 unspecified atom stereocenters. The zero-order valence-electron chi connectivity index (χ0n) is 20.7. The van der Waals surface area contributed by atoms with Gasteiger partial charge in [0.05, 0.1) is 11.6 Å². The molecule has 188 valence electrons. The molecule has 5 rings (SSSR count). The second-order valence-corrected chi connectivity index (χ2v) is 10.7. The number of aromatic nitrogens is 1. The highest BCUT2D eigenvalue weighted by molar-refractivity contribution is 5.79. The summed E-state index contributed by atoms with van der Waals surface area (Å²) in [6, 6.07) is 11.8. The number of carbonyl (C=O) groups excluding carboxylic acids is 1. The summed E-state index contributed by atoms with van der Waals surface area (Å²) in [5, 5.41) is 3.36. The van der Waals surface area contributed by atoms with E-state index in [9.17, 15) is 9.18 Å². The van der Waals surface area contributed by atoms with Gasteiger partial charge in [-0.25, -0.2) is 9.82 Å². The maximum Gasteiger partial charge on any atom is 0.223 e. The van der Waals surface area contributed by atoms with Crippen LogP contribution in [0.3, 0.4) is 0 Å². The van der Waals surface area contributed by atoms with Gasteiger partial charge in [0, 0.05) is 43.4 Å². The van der Waals surface area contributed by atoms with Gasteiger partial charge in [0.1, 0.15) is 5.82 Å². The van der Waals surface area contributed by atoms with Crippen LogP contribution in [0, 0.1) is 24.6 Å².